The Balaban J connectivity index is 1.09. The third-order valence-electron chi connectivity index (χ3n) is 15.0. The molecule has 3 aromatic rings. The van der Waals surface area contributed by atoms with E-state index in [1.807, 2.05) is 0 Å². The van der Waals surface area contributed by atoms with Crippen LogP contribution in [0.1, 0.15) is 163 Å². The number of nitrogens with one attached hydrogen (secondary N) is 4. The first kappa shape index (κ1) is 50.2. The molecule has 10 heteroatoms. The van der Waals surface area contributed by atoms with Crippen molar-refractivity contribution in [3.63, 3.8) is 0 Å². The second-order valence-electron chi connectivity index (χ2n) is 20.0. The molecule has 66 heavy (non-hydrogen) atoms. The summed E-state index contributed by atoms with van der Waals surface area (Å²) in [7, 11) is 0. The first-order valence-corrected chi connectivity index (χ1v) is 26.4. The molecule has 4 heterocycles. The highest BCUT2D eigenvalue weighted by atomic mass is 16.5. The summed E-state index contributed by atoms with van der Waals surface area (Å²) in [5.74, 6) is -0.171. The third-order valence-corrected chi connectivity index (χ3v) is 15.0. The number of rotatable bonds is 12. The molecule has 6 unspecified atom stereocenters. The Morgan fingerprint density at radius 1 is 0.455 bits per heavy atom. The molecule has 3 saturated carbocycles. The van der Waals surface area contributed by atoms with Crippen molar-refractivity contribution in [2.45, 2.75) is 205 Å². The maximum Gasteiger partial charge on any atom is 0.307 e. The summed E-state index contributed by atoms with van der Waals surface area (Å²) >= 11 is 0. The summed E-state index contributed by atoms with van der Waals surface area (Å²) in [5.41, 5.74) is 7.81. The van der Waals surface area contributed by atoms with Crippen molar-refractivity contribution in [2.75, 3.05) is 26.3 Å². The van der Waals surface area contributed by atoms with Crippen molar-refractivity contribution >= 4 is 11.9 Å². The lowest BCUT2D eigenvalue weighted by Crippen LogP contribution is -2.52. The van der Waals surface area contributed by atoms with Gasteiger partial charge in [-0.25, -0.2) is 0 Å². The van der Waals surface area contributed by atoms with Crippen molar-refractivity contribution in [3.8, 4) is 0 Å². The average Bonchev–Trinajstić information content (AvgIpc) is 3.35. The van der Waals surface area contributed by atoms with Crippen LogP contribution in [0, 0.1) is 0 Å². The number of carbonyl (C=O) groups excluding carboxylic acids is 2. The van der Waals surface area contributed by atoms with Crippen molar-refractivity contribution < 1.29 is 19.1 Å². The second kappa shape index (κ2) is 27.4. The SMILES string of the molecule is CCCCOC(=O)CCN1Cc2ccc(cc2)CNC2CCCCC2NCc2ccc(cc2)CN(CCC(=O)OCCCC)C2CCCCC2NCc2ccc(cc2)CNC2CCCCC21. The zero-order valence-corrected chi connectivity index (χ0v) is 40.7. The highest BCUT2D eigenvalue weighted by Crippen LogP contribution is 2.28. The van der Waals surface area contributed by atoms with E-state index in [9.17, 15) is 9.59 Å². The van der Waals surface area contributed by atoms with Crippen LogP contribution in [0.3, 0.4) is 0 Å². The molecule has 362 valence electrons. The fourth-order valence-electron chi connectivity index (χ4n) is 11.0. The van der Waals surface area contributed by atoms with Gasteiger partial charge in [-0.3, -0.25) is 19.4 Å². The molecular weight excluding hydrogens is 821 g/mol. The predicted molar refractivity (Wildman–Crippen MR) is 267 cm³/mol. The van der Waals surface area contributed by atoms with Crippen LogP contribution in [-0.4, -0.2) is 84.3 Å². The topological polar surface area (TPSA) is 107 Å². The van der Waals surface area contributed by atoms with Crippen LogP contribution in [-0.2, 0) is 58.3 Å². The van der Waals surface area contributed by atoms with Crippen LogP contribution in [0.25, 0.3) is 0 Å². The molecule has 4 aliphatic heterocycles. The molecule has 3 fully saturated rings. The number of benzene rings is 3. The number of fused-ring (bicyclic) bond motifs is 3. The van der Waals surface area contributed by atoms with Gasteiger partial charge in [0.25, 0.3) is 0 Å². The summed E-state index contributed by atoms with van der Waals surface area (Å²) in [6.45, 7) is 11.7. The van der Waals surface area contributed by atoms with Crippen LogP contribution in [0.15, 0.2) is 72.8 Å². The lowest BCUT2D eigenvalue weighted by Gasteiger charge is -2.41. The highest BCUT2D eigenvalue weighted by molar-refractivity contribution is 5.69. The quantitative estimate of drug-likeness (QED) is 0.104. The number of hydrogen-bond acceptors (Lipinski definition) is 10. The van der Waals surface area contributed by atoms with Crippen LogP contribution < -0.4 is 21.3 Å². The smallest absolute Gasteiger partial charge is 0.307 e. The lowest BCUT2D eigenvalue weighted by atomic mass is 9.88. The Hall–Kier alpha value is -3.64. The van der Waals surface area contributed by atoms with Crippen LogP contribution in [0.4, 0.5) is 0 Å². The van der Waals surface area contributed by atoms with E-state index < -0.39 is 0 Å². The maximum atomic E-state index is 12.9. The van der Waals surface area contributed by atoms with E-state index in [4.69, 9.17) is 9.47 Å². The monoisotopic (exact) mass is 905 g/mol. The van der Waals surface area contributed by atoms with Gasteiger partial charge in [0.15, 0.2) is 0 Å². The number of carbonyl (C=O) groups is 2. The first-order chi connectivity index (χ1) is 32.4. The fraction of sp³-hybridized carbons (Fsp3) is 0.643. The second-order valence-corrected chi connectivity index (χ2v) is 20.0. The molecular formula is C56H84N6O4. The van der Waals surface area contributed by atoms with E-state index in [1.54, 1.807) is 0 Å². The zero-order valence-electron chi connectivity index (χ0n) is 40.7. The van der Waals surface area contributed by atoms with Gasteiger partial charge in [0.05, 0.1) is 26.1 Å². The molecule has 7 aliphatic rings. The van der Waals surface area contributed by atoms with Crippen molar-refractivity contribution in [1.82, 2.24) is 31.1 Å². The predicted octanol–water partition coefficient (Wildman–Crippen LogP) is 9.46. The zero-order chi connectivity index (χ0) is 45.8. The van der Waals surface area contributed by atoms with E-state index in [2.05, 4.69) is 118 Å². The molecule has 0 spiro atoms. The van der Waals surface area contributed by atoms with Gasteiger partial charge in [0.2, 0.25) is 0 Å². The van der Waals surface area contributed by atoms with Gasteiger partial charge >= 0.3 is 11.9 Å². The van der Waals surface area contributed by atoms with Crippen molar-refractivity contribution in [3.05, 3.63) is 106 Å². The minimum Gasteiger partial charge on any atom is -0.466 e. The third kappa shape index (κ3) is 16.0. The Morgan fingerprint density at radius 2 is 0.758 bits per heavy atom. The first-order valence-electron chi connectivity index (χ1n) is 26.4. The number of hydrogen-bond donors (Lipinski definition) is 4. The summed E-state index contributed by atoms with van der Waals surface area (Å²) in [6.07, 6.45) is 19.0. The number of unbranched alkanes of at least 4 members (excludes halogenated alkanes) is 2. The summed E-state index contributed by atoms with van der Waals surface area (Å²) in [5, 5.41) is 15.9. The highest BCUT2D eigenvalue weighted by Gasteiger charge is 2.32. The van der Waals surface area contributed by atoms with E-state index in [1.165, 1.54) is 84.7 Å². The molecule has 10 rings (SSSR count). The average molecular weight is 905 g/mol. The van der Waals surface area contributed by atoms with Gasteiger partial charge in [-0.05, 0) is 84.7 Å². The normalized spacial score (nSPS) is 25.3. The molecule has 6 bridgehead atoms. The van der Waals surface area contributed by atoms with Gasteiger partial charge in [-0.1, -0.05) is 138 Å². The summed E-state index contributed by atoms with van der Waals surface area (Å²) < 4.78 is 11.3. The number of ether oxygens (including phenoxy) is 2. The molecule has 10 nitrogen and oxygen atoms in total. The van der Waals surface area contributed by atoms with Gasteiger partial charge in [-0.2, -0.15) is 0 Å². The molecule has 3 aliphatic carbocycles. The van der Waals surface area contributed by atoms with Gasteiger partial charge in [-0.15, -0.1) is 0 Å². The largest absolute Gasteiger partial charge is 0.466 e. The number of nitrogens with zero attached hydrogens (tertiary/aromatic N) is 2. The lowest BCUT2D eigenvalue weighted by molar-refractivity contribution is -0.145. The minimum atomic E-state index is -0.0857. The molecule has 0 amide bonds. The van der Waals surface area contributed by atoms with Crippen LogP contribution in [0.2, 0.25) is 0 Å². The van der Waals surface area contributed by atoms with E-state index in [-0.39, 0.29) is 11.9 Å². The van der Waals surface area contributed by atoms with Crippen LogP contribution >= 0.6 is 0 Å². The fourth-order valence-corrected chi connectivity index (χ4v) is 11.0. The molecule has 4 N–H and O–H groups in total. The standard InChI is InChI=1S/C56H84N6O4/c1-3-5-35-65-55(63)31-33-61-41-47-27-23-45(24-28-47)37-57-49-13-7-8-14-50(49)58-38-46-25-29-48(30-26-46)42-62(34-32-56(64)66-36-6-4-2)54-18-12-10-16-52(54)60-40-44-21-19-43(20-22-44)39-59-51-15-9-11-17-53(51)61/h19-30,49-54,57-60H,3-18,31-42H2,1-2H3. The minimum absolute atomic E-state index is 0.0857. The Morgan fingerprint density at radius 3 is 1.11 bits per heavy atom. The molecule has 6 atom stereocenters. The Kier molecular flexibility index (Phi) is 20.8. The summed E-state index contributed by atoms with van der Waals surface area (Å²) in [6, 6.07) is 29.9. The Bertz CT molecular complexity index is 1720. The van der Waals surface area contributed by atoms with Gasteiger partial charge in [0.1, 0.15) is 0 Å². The maximum absolute atomic E-state index is 12.9. The summed E-state index contributed by atoms with van der Waals surface area (Å²) in [4.78, 5) is 31.0. The van der Waals surface area contributed by atoms with Crippen molar-refractivity contribution in [2.24, 2.45) is 0 Å². The van der Waals surface area contributed by atoms with Gasteiger partial charge < -0.3 is 30.7 Å². The number of esters is 2. The van der Waals surface area contributed by atoms with E-state index >= 15 is 0 Å². The molecule has 0 aromatic heterocycles. The molecule has 0 saturated heterocycles. The van der Waals surface area contributed by atoms with E-state index in [0.717, 1.165) is 90.6 Å². The van der Waals surface area contributed by atoms with Crippen molar-refractivity contribution in [1.29, 1.82) is 0 Å². The van der Waals surface area contributed by atoms with Gasteiger partial charge in [0, 0.05) is 88.6 Å². The van der Waals surface area contributed by atoms with Crippen LogP contribution in [0.5, 0.6) is 0 Å². The molecule has 0 radical (unpaired) electrons. The Labute approximate surface area is 398 Å². The molecule has 3 aromatic carbocycles. The van der Waals surface area contributed by atoms with E-state index in [0.29, 0.717) is 75.4 Å².